The molecular weight excluding hydrogens is 536 g/mol. The molecule has 244 valence electrons. The minimum Gasteiger partial charge on any atom is -0.348 e. The van der Waals surface area contributed by atoms with E-state index in [4.69, 9.17) is 0 Å². The fourth-order valence-corrected chi connectivity index (χ4v) is 6.01. The van der Waals surface area contributed by atoms with Crippen molar-refractivity contribution in [2.75, 3.05) is 0 Å². The van der Waals surface area contributed by atoms with Crippen molar-refractivity contribution in [1.29, 1.82) is 0 Å². The lowest BCUT2D eigenvalue weighted by molar-refractivity contribution is -0.0116. The lowest BCUT2D eigenvalue weighted by Gasteiger charge is -2.57. The Morgan fingerprint density at radius 3 is 1.82 bits per heavy atom. The monoisotopic (exact) mass is 601 g/mol. The van der Waals surface area contributed by atoms with E-state index in [0.717, 1.165) is 35.9 Å². The molecule has 2 aromatic heterocycles. The van der Waals surface area contributed by atoms with Crippen LogP contribution in [0.1, 0.15) is 132 Å². The van der Waals surface area contributed by atoms with Crippen LogP contribution in [0.15, 0.2) is 84.2 Å². The molecule has 2 bridgehead atoms. The second-order valence-corrected chi connectivity index (χ2v) is 14.7. The summed E-state index contributed by atoms with van der Waals surface area (Å²) in [6.07, 6.45) is 28.1. The normalized spacial score (nSPS) is 20.4. The lowest BCUT2D eigenvalue weighted by atomic mass is 9.48. The summed E-state index contributed by atoms with van der Waals surface area (Å²) < 4.78 is 0. The zero-order valence-corrected chi connectivity index (χ0v) is 30.1. The van der Waals surface area contributed by atoms with Crippen LogP contribution in [-0.4, -0.2) is 19.9 Å². The first kappa shape index (κ1) is 37.3. The molecule has 2 atom stereocenters. The Balaban J connectivity index is 0.000000194. The molecule has 44 heavy (non-hydrogen) atoms. The van der Waals surface area contributed by atoms with Crippen LogP contribution in [0.25, 0.3) is 0 Å². The number of aromatic amines is 2. The zero-order chi connectivity index (χ0) is 32.9. The first-order valence-corrected chi connectivity index (χ1v) is 17.1. The van der Waals surface area contributed by atoms with Crippen molar-refractivity contribution in [3.63, 3.8) is 0 Å². The minimum absolute atomic E-state index is 0.519. The molecule has 7 rings (SSSR count). The van der Waals surface area contributed by atoms with E-state index in [1.54, 1.807) is 23.7 Å². The third-order valence-electron chi connectivity index (χ3n) is 9.39. The summed E-state index contributed by atoms with van der Waals surface area (Å²) in [5, 5.41) is 0. The van der Waals surface area contributed by atoms with E-state index in [2.05, 4.69) is 146 Å². The van der Waals surface area contributed by atoms with Gasteiger partial charge in [0.05, 0.1) is 6.33 Å². The maximum Gasteiger partial charge on any atom is 0.108 e. The molecule has 5 aliphatic rings. The Morgan fingerprint density at radius 2 is 1.55 bits per heavy atom. The van der Waals surface area contributed by atoms with Gasteiger partial charge in [-0.25, -0.2) is 9.97 Å². The summed E-state index contributed by atoms with van der Waals surface area (Å²) in [5.74, 6) is 6.28. The summed E-state index contributed by atoms with van der Waals surface area (Å²) in [7, 11) is 0. The van der Waals surface area contributed by atoms with Crippen LogP contribution in [0.5, 0.6) is 0 Å². The fraction of sp³-hybridized carbons (Fsp3) is 0.600. The van der Waals surface area contributed by atoms with Crippen LogP contribution in [0.3, 0.4) is 0 Å². The number of hydrogen-bond acceptors (Lipinski definition) is 2. The molecule has 0 aliphatic heterocycles. The molecule has 0 radical (unpaired) electrons. The molecule has 2 heterocycles. The van der Waals surface area contributed by atoms with E-state index in [-0.39, 0.29) is 0 Å². The number of fused-ring (bicyclic) bond motifs is 1. The molecule has 0 amide bonds. The second-order valence-electron chi connectivity index (χ2n) is 14.7. The Kier molecular flexibility index (Phi) is 15.4. The van der Waals surface area contributed by atoms with Crippen molar-refractivity contribution < 1.29 is 0 Å². The van der Waals surface area contributed by atoms with Crippen LogP contribution in [-0.2, 0) is 0 Å². The summed E-state index contributed by atoms with van der Waals surface area (Å²) in [6.45, 7) is 27.0. The number of rotatable bonds is 5. The molecule has 4 nitrogen and oxygen atoms in total. The highest BCUT2D eigenvalue weighted by Crippen LogP contribution is 2.60. The average Bonchev–Trinajstić information content (AvgIpc) is 3.81. The summed E-state index contributed by atoms with van der Waals surface area (Å²) in [4.78, 5) is 14.0. The number of aromatic nitrogens is 4. The number of nitrogens with zero attached hydrogens (tertiary/aromatic N) is 2. The molecule has 0 saturated heterocycles. The van der Waals surface area contributed by atoms with Crippen molar-refractivity contribution >= 4 is 0 Å². The van der Waals surface area contributed by atoms with E-state index >= 15 is 0 Å². The third kappa shape index (κ3) is 11.6. The van der Waals surface area contributed by atoms with E-state index in [9.17, 15) is 0 Å². The maximum atomic E-state index is 4.06. The largest absolute Gasteiger partial charge is 0.348 e. The molecule has 5 aliphatic carbocycles. The van der Waals surface area contributed by atoms with Gasteiger partial charge in [0, 0.05) is 30.2 Å². The van der Waals surface area contributed by atoms with Gasteiger partial charge in [0.15, 0.2) is 0 Å². The van der Waals surface area contributed by atoms with Crippen LogP contribution in [0.4, 0.5) is 0 Å². The summed E-state index contributed by atoms with van der Waals surface area (Å²) >= 11 is 0. The van der Waals surface area contributed by atoms with Crippen LogP contribution in [0, 0.1) is 35.0 Å². The van der Waals surface area contributed by atoms with Crippen LogP contribution >= 0.6 is 0 Å². The number of nitrogens with one attached hydrogen (secondary N) is 2. The van der Waals surface area contributed by atoms with Crippen molar-refractivity contribution in [2.24, 2.45) is 35.0 Å². The van der Waals surface area contributed by atoms with Gasteiger partial charge in [0.1, 0.15) is 5.82 Å². The van der Waals surface area contributed by atoms with Gasteiger partial charge in [-0.3, -0.25) is 0 Å². The van der Waals surface area contributed by atoms with Gasteiger partial charge >= 0.3 is 0 Å². The highest BCUT2D eigenvalue weighted by Gasteiger charge is 2.51. The molecule has 1 saturated carbocycles. The Bertz CT molecular complexity index is 1170. The number of hydrogen-bond donors (Lipinski definition) is 2. The van der Waals surface area contributed by atoms with E-state index in [1.165, 1.54) is 30.5 Å². The standard InChI is InChI=1S/C12H20.2C8H12.2C6H10N2/c1-8(2)10-6-5-9-7-11(10)12(9,3)4;2*1-7(2)8-5-3-4-6-8;1-5(2)6-3-7-4-8-6;1-5(2)6-7-3-4-8-6/h6,8-9,11H,5,7H2,1-4H3;3,5-7H,4H2,1-2H3;3-5,7H,6H2,1-2H3;2*3-5H,1-2H3,(H,7,8). The highest BCUT2D eigenvalue weighted by atomic mass is 14.9. The lowest BCUT2D eigenvalue weighted by Crippen LogP contribution is -2.48. The fourth-order valence-electron chi connectivity index (χ4n) is 6.01. The van der Waals surface area contributed by atoms with Crippen molar-refractivity contribution in [3.05, 3.63) is 95.7 Å². The van der Waals surface area contributed by atoms with Crippen LogP contribution in [0.2, 0.25) is 0 Å². The highest BCUT2D eigenvalue weighted by molar-refractivity contribution is 5.27. The molecule has 2 unspecified atom stereocenters. The first-order chi connectivity index (χ1) is 20.7. The third-order valence-corrected chi connectivity index (χ3v) is 9.39. The van der Waals surface area contributed by atoms with Gasteiger partial charge in [0.25, 0.3) is 0 Å². The SMILES string of the molecule is CC(C)C1=CC=CC1.CC(C)C1=CCC2CC1C2(C)C.CC(C)C1=CCC=C1.CC(C)c1cnc[nH]1.CC(C)c1ncc[nH]1. The van der Waals surface area contributed by atoms with Gasteiger partial charge < -0.3 is 9.97 Å². The Hall–Kier alpha value is -2.88. The number of allylic oxidation sites excluding steroid dienone is 10. The molecule has 2 aromatic rings. The maximum absolute atomic E-state index is 4.06. The predicted molar refractivity (Wildman–Crippen MR) is 192 cm³/mol. The van der Waals surface area contributed by atoms with Crippen molar-refractivity contribution in [2.45, 2.75) is 121 Å². The Morgan fingerprint density at radius 1 is 0.818 bits per heavy atom. The van der Waals surface area contributed by atoms with Crippen LogP contribution < -0.4 is 0 Å². The van der Waals surface area contributed by atoms with Gasteiger partial charge in [-0.2, -0.15) is 0 Å². The van der Waals surface area contributed by atoms with Crippen molar-refractivity contribution in [1.82, 2.24) is 19.9 Å². The van der Waals surface area contributed by atoms with Gasteiger partial charge in [-0.15, -0.1) is 0 Å². The van der Waals surface area contributed by atoms with Gasteiger partial charge in [-0.05, 0) is 72.2 Å². The predicted octanol–water partition coefficient (Wildman–Crippen LogP) is 11.8. The molecular formula is C40H64N4. The quantitative estimate of drug-likeness (QED) is 0.335. The summed E-state index contributed by atoms with van der Waals surface area (Å²) in [5.41, 5.74) is 6.61. The van der Waals surface area contributed by atoms with E-state index < -0.39 is 0 Å². The van der Waals surface area contributed by atoms with Gasteiger partial charge in [-0.1, -0.05) is 137 Å². The summed E-state index contributed by atoms with van der Waals surface area (Å²) in [6, 6.07) is 0. The van der Waals surface area contributed by atoms with E-state index in [0.29, 0.717) is 23.2 Å². The average molecular weight is 601 g/mol. The molecule has 2 N–H and O–H groups in total. The van der Waals surface area contributed by atoms with Crippen molar-refractivity contribution in [3.8, 4) is 0 Å². The number of imidazole rings is 2. The molecule has 4 heteroatoms. The Labute approximate surface area is 270 Å². The van der Waals surface area contributed by atoms with E-state index in [1.807, 2.05) is 12.4 Å². The minimum atomic E-state index is 0.519. The zero-order valence-electron chi connectivity index (χ0n) is 30.1. The smallest absolute Gasteiger partial charge is 0.108 e. The first-order valence-electron chi connectivity index (χ1n) is 17.1. The molecule has 0 spiro atoms. The van der Waals surface area contributed by atoms with Gasteiger partial charge in [0.2, 0.25) is 0 Å². The molecule has 0 aromatic carbocycles. The molecule has 1 fully saturated rings. The second kappa shape index (κ2) is 18.2. The number of H-pyrrole nitrogens is 2. The topological polar surface area (TPSA) is 57.4 Å².